The second kappa shape index (κ2) is 7.16. The number of benzene rings is 2. The van der Waals surface area contributed by atoms with Crippen molar-refractivity contribution < 1.29 is 9.59 Å². The second-order valence-electron chi connectivity index (χ2n) is 7.63. The SMILES string of the molecule is Cc1ccc(C)c(C(=O)C2CC(=O)Nc3c2c(C)nn3-c2cccc(Cl)c2C)c1. The molecule has 4 rings (SSSR count). The number of nitrogens with one attached hydrogen (secondary N) is 1. The minimum absolute atomic E-state index is 0.0484. The van der Waals surface area contributed by atoms with Crippen molar-refractivity contribution in [3.8, 4) is 5.69 Å². The Morgan fingerprint density at radius 2 is 1.93 bits per heavy atom. The maximum Gasteiger partial charge on any atom is 0.226 e. The third-order valence-electron chi connectivity index (χ3n) is 5.54. The van der Waals surface area contributed by atoms with Crippen LogP contribution in [0.5, 0.6) is 0 Å². The van der Waals surface area contributed by atoms with Gasteiger partial charge in [-0.3, -0.25) is 9.59 Å². The van der Waals surface area contributed by atoms with Crippen molar-refractivity contribution in [3.05, 3.63) is 74.9 Å². The number of anilines is 1. The monoisotopic (exact) mass is 407 g/mol. The summed E-state index contributed by atoms with van der Waals surface area (Å²) in [6.07, 6.45) is 0.111. The van der Waals surface area contributed by atoms with E-state index in [1.165, 1.54) is 0 Å². The topological polar surface area (TPSA) is 64.0 Å². The molecule has 1 amide bonds. The zero-order chi connectivity index (χ0) is 20.9. The number of halogens is 1. The maximum absolute atomic E-state index is 13.5. The Balaban J connectivity index is 1.87. The van der Waals surface area contributed by atoms with Crippen molar-refractivity contribution >= 4 is 29.1 Å². The molecule has 148 valence electrons. The van der Waals surface area contributed by atoms with Gasteiger partial charge in [-0.2, -0.15) is 5.10 Å². The largest absolute Gasteiger partial charge is 0.310 e. The molecule has 5 nitrogen and oxygen atoms in total. The Morgan fingerprint density at radius 3 is 2.69 bits per heavy atom. The van der Waals surface area contributed by atoms with Crippen molar-refractivity contribution in [2.45, 2.75) is 40.0 Å². The molecular weight excluding hydrogens is 386 g/mol. The summed E-state index contributed by atoms with van der Waals surface area (Å²) >= 11 is 6.29. The van der Waals surface area contributed by atoms with Gasteiger partial charge < -0.3 is 5.32 Å². The summed E-state index contributed by atoms with van der Waals surface area (Å²) in [7, 11) is 0. The van der Waals surface area contributed by atoms with Crippen molar-refractivity contribution in [2.24, 2.45) is 0 Å². The Kier molecular flexibility index (Phi) is 4.79. The molecule has 0 aliphatic carbocycles. The number of carbonyl (C=O) groups is 2. The first-order valence-electron chi connectivity index (χ1n) is 9.54. The van der Waals surface area contributed by atoms with E-state index in [0.717, 1.165) is 33.6 Å². The molecular formula is C23H22ClN3O2. The first kappa shape index (κ1) is 19.4. The van der Waals surface area contributed by atoms with Gasteiger partial charge in [0.05, 0.1) is 17.3 Å². The van der Waals surface area contributed by atoms with Gasteiger partial charge in [0.15, 0.2) is 5.78 Å². The number of Topliss-reactive ketones (excluding diaryl/α,β-unsaturated/α-hetero) is 1. The van der Waals surface area contributed by atoms with Gasteiger partial charge in [-0.15, -0.1) is 0 Å². The molecule has 2 aromatic carbocycles. The number of amides is 1. The number of aryl methyl sites for hydroxylation is 3. The van der Waals surface area contributed by atoms with Crippen LogP contribution in [0.3, 0.4) is 0 Å². The van der Waals surface area contributed by atoms with Gasteiger partial charge in [-0.05, 0) is 57.0 Å². The van der Waals surface area contributed by atoms with Gasteiger partial charge in [-0.1, -0.05) is 35.4 Å². The van der Waals surface area contributed by atoms with Crippen LogP contribution in [-0.4, -0.2) is 21.5 Å². The third kappa shape index (κ3) is 3.25. The molecule has 0 spiro atoms. The first-order chi connectivity index (χ1) is 13.8. The summed E-state index contributed by atoms with van der Waals surface area (Å²) in [5, 5.41) is 8.20. The molecule has 29 heavy (non-hydrogen) atoms. The summed E-state index contributed by atoms with van der Waals surface area (Å²) < 4.78 is 1.69. The number of hydrogen-bond acceptors (Lipinski definition) is 3. The van der Waals surface area contributed by atoms with E-state index in [1.807, 2.05) is 64.1 Å². The standard InChI is InChI=1S/C23H22ClN3O2/c1-12-8-9-13(2)16(10-12)22(29)17-11-20(28)25-23-21(17)15(4)26-27(23)19-7-5-6-18(24)14(19)3/h5-10,17H,11H2,1-4H3,(H,25,28). The van der Waals surface area contributed by atoms with Gasteiger partial charge in [0, 0.05) is 22.6 Å². The van der Waals surface area contributed by atoms with E-state index in [0.29, 0.717) is 16.4 Å². The smallest absolute Gasteiger partial charge is 0.226 e. The van der Waals surface area contributed by atoms with E-state index in [1.54, 1.807) is 4.68 Å². The number of fused-ring (bicyclic) bond motifs is 1. The number of rotatable bonds is 3. The molecule has 0 fully saturated rings. The summed E-state index contributed by atoms with van der Waals surface area (Å²) in [6, 6.07) is 11.4. The van der Waals surface area contributed by atoms with Crippen molar-refractivity contribution in [1.82, 2.24) is 9.78 Å². The lowest BCUT2D eigenvalue weighted by Crippen LogP contribution is -2.29. The van der Waals surface area contributed by atoms with Crippen LogP contribution >= 0.6 is 11.6 Å². The highest BCUT2D eigenvalue weighted by Gasteiger charge is 2.37. The summed E-state index contributed by atoms with van der Waals surface area (Å²) in [5.74, 6) is -0.255. The number of ketones is 1. The van der Waals surface area contributed by atoms with Crippen molar-refractivity contribution in [1.29, 1.82) is 0 Å². The molecule has 6 heteroatoms. The van der Waals surface area contributed by atoms with Gasteiger partial charge >= 0.3 is 0 Å². The van der Waals surface area contributed by atoms with E-state index >= 15 is 0 Å². The van der Waals surface area contributed by atoms with Crippen LogP contribution in [0.25, 0.3) is 5.69 Å². The Morgan fingerprint density at radius 1 is 1.17 bits per heavy atom. The minimum atomic E-state index is -0.563. The fraction of sp³-hybridized carbons (Fsp3) is 0.261. The van der Waals surface area contributed by atoms with E-state index in [2.05, 4.69) is 10.4 Å². The van der Waals surface area contributed by atoms with Crippen LogP contribution in [0.4, 0.5) is 5.82 Å². The molecule has 2 heterocycles. The average molecular weight is 408 g/mol. The van der Waals surface area contributed by atoms with Crippen LogP contribution < -0.4 is 5.32 Å². The molecule has 0 bridgehead atoms. The molecule has 0 radical (unpaired) electrons. The molecule has 1 aliphatic heterocycles. The number of aromatic nitrogens is 2. The van der Waals surface area contributed by atoms with E-state index < -0.39 is 5.92 Å². The number of nitrogens with zero attached hydrogens (tertiary/aromatic N) is 2. The van der Waals surface area contributed by atoms with Gasteiger partial charge in [-0.25, -0.2) is 4.68 Å². The van der Waals surface area contributed by atoms with Crippen molar-refractivity contribution in [2.75, 3.05) is 5.32 Å². The highest BCUT2D eigenvalue weighted by molar-refractivity contribution is 6.31. The second-order valence-corrected chi connectivity index (χ2v) is 8.04. The molecule has 1 atom stereocenters. The van der Waals surface area contributed by atoms with E-state index in [-0.39, 0.29) is 18.1 Å². The lowest BCUT2D eigenvalue weighted by molar-refractivity contribution is -0.116. The Bertz CT molecular complexity index is 1160. The molecule has 0 saturated heterocycles. The summed E-state index contributed by atoms with van der Waals surface area (Å²) in [6.45, 7) is 7.66. The molecule has 1 unspecified atom stereocenters. The lowest BCUT2D eigenvalue weighted by atomic mass is 9.84. The summed E-state index contributed by atoms with van der Waals surface area (Å²) in [5.41, 5.74) is 5.71. The van der Waals surface area contributed by atoms with E-state index in [4.69, 9.17) is 11.6 Å². The fourth-order valence-corrected chi connectivity index (χ4v) is 4.13. The molecule has 3 aromatic rings. The predicted octanol–water partition coefficient (Wildman–Crippen LogP) is 5.07. The number of carbonyl (C=O) groups excluding carboxylic acids is 2. The Labute approximate surface area is 174 Å². The molecule has 1 aromatic heterocycles. The van der Waals surface area contributed by atoms with Crippen LogP contribution in [0.15, 0.2) is 36.4 Å². The van der Waals surface area contributed by atoms with Gasteiger partial charge in [0.2, 0.25) is 5.91 Å². The van der Waals surface area contributed by atoms with Crippen LogP contribution in [-0.2, 0) is 4.79 Å². The van der Waals surface area contributed by atoms with E-state index in [9.17, 15) is 9.59 Å². The third-order valence-corrected chi connectivity index (χ3v) is 5.95. The van der Waals surface area contributed by atoms with Gasteiger partial charge in [0.25, 0.3) is 0 Å². The Hall–Kier alpha value is -2.92. The quantitative estimate of drug-likeness (QED) is 0.616. The van der Waals surface area contributed by atoms with Gasteiger partial charge in [0.1, 0.15) is 5.82 Å². The zero-order valence-electron chi connectivity index (χ0n) is 16.8. The summed E-state index contributed by atoms with van der Waals surface area (Å²) in [4.78, 5) is 26.0. The first-order valence-corrected chi connectivity index (χ1v) is 9.92. The minimum Gasteiger partial charge on any atom is -0.310 e. The normalized spacial score (nSPS) is 15.8. The predicted molar refractivity (Wildman–Crippen MR) is 114 cm³/mol. The van der Waals surface area contributed by atoms with Crippen LogP contribution in [0.1, 0.15) is 50.6 Å². The maximum atomic E-state index is 13.5. The lowest BCUT2D eigenvalue weighted by Gasteiger charge is -2.24. The van der Waals surface area contributed by atoms with Crippen LogP contribution in [0.2, 0.25) is 5.02 Å². The fourth-order valence-electron chi connectivity index (χ4n) is 3.96. The average Bonchev–Trinajstić information content (AvgIpc) is 3.01. The zero-order valence-corrected chi connectivity index (χ0v) is 17.6. The highest BCUT2D eigenvalue weighted by atomic mass is 35.5. The van der Waals surface area contributed by atoms with Crippen LogP contribution in [0, 0.1) is 27.7 Å². The highest BCUT2D eigenvalue weighted by Crippen LogP contribution is 2.39. The van der Waals surface area contributed by atoms with Crippen molar-refractivity contribution in [3.63, 3.8) is 0 Å². The number of hydrogen-bond donors (Lipinski definition) is 1. The molecule has 1 N–H and O–H groups in total. The molecule has 1 aliphatic rings. The molecule has 0 saturated carbocycles.